The molecule has 0 fully saturated rings. The standard InChI is InChI=1S/C13H26O/c1-11(2)6-8-14-9-7-13(5)10-12(3)4/h7,11-12H,6,8-10H2,1-5H3. The monoisotopic (exact) mass is 198 g/mol. The molecule has 0 aromatic rings. The highest BCUT2D eigenvalue weighted by atomic mass is 16.5. The zero-order chi connectivity index (χ0) is 11.0. The van der Waals surface area contributed by atoms with Gasteiger partial charge >= 0.3 is 0 Å². The van der Waals surface area contributed by atoms with E-state index >= 15 is 0 Å². The van der Waals surface area contributed by atoms with Crippen LogP contribution in [0.25, 0.3) is 0 Å². The van der Waals surface area contributed by atoms with E-state index < -0.39 is 0 Å². The second kappa shape index (κ2) is 8.05. The Bertz CT molecular complexity index is 157. The summed E-state index contributed by atoms with van der Waals surface area (Å²) in [4.78, 5) is 0. The first-order valence-corrected chi connectivity index (χ1v) is 5.75. The van der Waals surface area contributed by atoms with Crippen molar-refractivity contribution in [3.63, 3.8) is 0 Å². The van der Waals surface area contributed by atoms with E-state index in [2.05, 4.69) is 40.7 Å². The lowest BCUT2D eigenvalue weighted by Crippen LogP contribution is -1.99. The average Bonchev–Trinajstić information content (AvgIpc) is 2.01. The van der Waals surface area contributed by atoms with Gasteiger partial charge in [0.2, 0.25) is 0 Å². The summed E-state index contributed by atoms with van der Waals surface area (Å²) in [6.07, 6.45) is 4.56. The number of hydrogen-bond acceptors (Lipinski definition) is 1. The predicted octanol–water partition coefficient (Wildman–Crippen LogP) is 4.04. The topological polar surface area (TPSA) is 9.23 Å². The SMILES string of the molecule is CC(=CCOCCC(C)C)CC(C)C. The van der Waals surface area contributed by atoms with Crippen LogP contribution in [0, 0.1) is 11.8 Å². The van der Waals surface area contributed by atoms with Crippen molar-refractivity contribution in [1.29, 1.82) is 0 Å². The summed E-state index contributed by atoms with van der Waals surface area (Å²) in [6, 6.07) is 0. The molecule has 0 radical (unpaired) electrons. The van der Waals surface area contributed by atoms with Gasteiger partial charge in [0.1, 0.15) is 0 Å². The van der Waals surface area contributed by atoms with Crippen LogP contribution in [-0.4, -0.2) is 13.2 Å². The van der Waals surface area contributed by atoms with Gasteiger partial charge in [-0.25, -0.2) is 0 Å². The minimum Gasteiger partial charge on any atom is -0.377 e. The minimum absolute atomic E-state index is 0.746. The molecule has 1 heteroatoms. The Morgan fingerprint density at radius 2 is 1.79 bits per heavy atom. The van der Waals surface area contributed by atoms with E-state index in [9.17, 15) is 0 Å². The molecule has 0 aromatic carbocycles. The Labute approximate surface area is 89.5 Å². The van der Waals surface area contributed by atoms with Gasteiger partial charge in [0.25, 0.3) is 0 Å². The lowest BCUT2D eigenvalue weighted by Gasteiger charge is -2.06. The Morgan fingerprint density at radius 3 is 2.29 bits per heavy atom. The van der Waals surface area contributed by atoms with Gasteiger partial charge in [0.05, 0.1) is 6.61 Å². The van der Waals surface area contributed by atoms with Gasteiger partial charge in [-0.15, -0.1) is 0 Å². The first-order valence-electron chi connectivity index (χ1n) is 5.75. The lowest BCUT2D eigenvalue weighted by atomic mass is 10.0. The van der Waals surface area contributed by atoms with E-state index in [-0.39, 0.29) is 0 Å². The normalized spacial score (nSPS) is 12.9. The van der Waals surface area contributed by atoms with E-state index in [0.29, 0.717) is 0 Å². The first kappa shape index (κ1) is 13.7. The molecule has 0 aliphatic carbocycles. The fourth-order valence-electron chi connectivity index (χ4n) is 1.33. The number of rotatable bonds is 7. The van der Waals surface area contributed by atoms with Gasteiger partial charge in [-0.05, 0) is 31.6 Å². The maximum Gasteiger partial charge on any atom is 0.0649 e. The van der Waals surface area contributed by atoms with Crippen LogP contribution in [0.1, 0.15) is 47.5 Å². The van der Waals surface area contributed by atoms with Gasteiger partial charge in [-0.3, -0.25) is 0 Å². The smallest absolute Gasteiger partial charge is 0.0649 e. The van der Waals surface area contributed by atoms with Crippen molar-refractivity contribution >= 4 is 0 Å². The molecule has 0 rings (SSSR count). The predicted molar refractivity (Wildman–Crippen MR) is 63.5 cm³/mol. The van der Waals surface area contributed by atoms with E-state index in [1.807, 2.05) is 0 Å². The van der Waals surface area contributed by atoms with E-state index in [1.165, 1.54) is 12.0 Å². The van der Waals surface area contributed by atoms with Crippen molar-refractivity contribution in [2.75, 3.05) is 13.2 Å². The van der Waals surface area contributed by atoms with Crippen LogP contribution in [0.2, 0.25) is 0 Å². The third kappa shape index (κ3) is 9.79. The average molecular weight is 198 g/mol. The van der Waals surface area contributed by atoms with E-state index in [1.54, 1.807) is 0 Å². The summed E-state index contributed by atoms with van der Waals surface area (Å²) >= 11 is 0. The molecule has 0 spiro atoms. The van der Waals surface area contributed by atoms with Crippen LogP contribution in [0.5, 0.6) is 0 Å². The van der Waals surface area contributed by atoms with Gasteiger partial charge in [-0.1, -0.05) is 39.3 Å². The van der Waals surface area contributed by atoms with Crippen molar-refractivity contribution < 1.29 is 4.74 Å². The highest BCUT2D eigenvalue weighted by Crippen LogP contribution is 2.09. The Morgan fingerprint density at radius 1 is 1.14 bits per heavy atom. The summed E-state index contributed by atoms with van der Waals surface area (Å²) in [5.41, 5.74) is 1.45. The second-order valence-corrected chi connectivity index (χ2v) is 4.91. The molecule has 0 N–H and O–H groups in total. The van der Waals surface area contributed by atoms with Gasteiger partial charge < -0.3 is 4.74 Å². The molecule has 0 saturated heterocycles. The maximum absolute atomic E-state index is 5.52. The molecule has 0 aliphatic heterocycles. The summed E-state index contributed by atoms with van der Waals surface area (Å²) in [5.74, 6) is 1.50. The molecule has 14 heavy (non-hydrogen) atoms. The quantitative estimate of drug-likeness (QED) is 0.443. The van der Waals surface area contributed by atoms with Crippen LogP contribution in [0.15, 0.2) is 11.6 Å². The third-order valence-electron chi connectivity index (χ3n) is 2.12. The Hall–Kier alpha value is -0.300. The van der Waals surface area contributed by atoms with Crippen LogP contribution < -0.4 is 0 Å². The zero-order valence-electron chi connectivity index (χ0n) is 10.5. The molecule has 0 atom stereocenters. The Kier molecular flexibility index (Phi) is 7.87. The highest BCUT2D eigenvalue weighted by molar-refractivity contribution is 4.98. The van der Waals surface area contributed by atoms with Crippen molar-refractivity contribution in [2.45, 2.75) is 47.5 Å². The number of ether oxygens (including phenoxy) is 1. The summed E-state index contributed by atoms with van der Waals surface area (Å²) in [7, 11) is 0. The molecule has 0 unspecified atom stereocenters. The number of hydrogen-bond donors (Lipinski definition) is 0. The fourth-order valence-corrected chi connectivity index (χ4v) is 1.33. The van der Waals surface area contributed by atoms with E-state index in [4.69, 9.17) is 4.74 Å². The third-order valence-corrected chi connectivity index (χ3v) is 2.12. The summed E-state index contributed by atoms with van der Waals surface area (Å²) in [5, 5.41) is 0. The molecule has 0 bridgehead atoms. The van der Waals surface area contributed by atoms with Crippen LogP contribution in [-0.2, 0) is 4.74 Å². The molecule has 0 aromatic heterocycles. The van der Waals surface area contributed by atoms with Crippen LogP contribution in [0.4, 0.5) is 0 Å². The van der Waals surface area contributed by atoms with Gasteiger partial charge in [0.15, 0.2) is 0 Å². The van der Waals surface area contributed by atoms with E-state index in [0.717, 1.165) is 31.5 Å². The van der Waals surface area contributed by atoms with Crippen molar-refractivity contribution in [2.24, 2.45) is 11.8 Å². The van der Waals surface area contributed by atoms with Crippen LogP contribution >= 0.6 is 0 Å². The maximum atomic E-state index is 5.52. The van der Waals surface area contributed by atoms with Crippen LogP contribution in [0.3, 0.4) is 0 Å². The number of allylic oxidation sites excluding steroid dienone is 1. The van der Waals surface area contributed by atoms with Gasteiger partial charge in [0, 0.05) is 6.61 Å². The molecule has 84 valence electrons. The zero-order valence-corrected chi connectivity index (χ0v) is 10.5. The largest absolute Gasteiger partial charge is 0.377 e. The minimum atomic E-state index is 0.746. The van der Waals surface area contributed by atoms with Gasteiger partial charge in [-0.2, -0.15) is 0 Å². The second-order valence-electron chi connectivity index (χ2n) is 4.91. The van der Waals surface area contributed by atoms with Crippen molar-refractivity contribution in [3.8, 4) is 0 Å². The molecule has 0 amide bonds. The lowest BCUT2D eigenvalue weighted by molar-refractivity contribution is 0.149. The molecule has 0 heterocycles. The summed E-state index contributed by atoms with van der Waals surface area (Å²) < 4.78 is 5.52. The molecular weight excluding hydrogens is 172 g/mol. The molecular formula is C13H26O. The van der Waals surface area contributed by atoms with Crippen molar-refractivity contribution in [3.05, 3.63) is 11.6 Å². The fraction of sp³-hybridized carbons (Fsp3) is 0.846. The van der Waals surface area contributed by atoms with Crippen molar-refractivity contribution in [1.82, 2.24) is 0 Å². The highest BCUT2D eigenvalue weighted by Gasteiger charge is 1.96. The molecule has 1 nitrogen and oxygen atoms in total. The Balaban J connectivity index is 3.41. The molecule has 0 saturated carbocycles. The summed E-state index contributed by atoms with van der Waals surface area (Å²) in [6.45, 7) is 12.8. The first-order chi connectivity index (χ1) is 6.52. The molecule has 0 aliphatic rings.